The van der Waals surface area contributed by atoms with Crippen LogP contribution in [0.5, 0.6) is 0 Å². The molecule has 2 N–H and O–H groups in total. The molecule has 0 bridgehead atoms. The van der Waals surface area contributed by atoms with Crippen molar-refractivity contribution < 1.29 is 8.42 Å². The summed E-state index contributed by atoms with van der Waals surface area (Å²) in [6.07, 6.45) is 2.45. The summed E-state index contributed by atoms with van der Waals surface area (Å²) in [7, 11) is -3.46. The molecule has 1 aliphatic carbocycles. The van der Waals surface area contributed by atoms with Gasteiger partial charge in [-0.05, 0) is 31.0 Å². The zero-order chi connectivity index (χ0) is 14.9. The number of rotatable bonds is 7. The van der Waals surface area contributed by atoms with Gasteiger partial charge in [-0.25, -0.2) is 13.1 Å². The summed E-state index contributed by atoms with van der Waals surface area (Å²) in [6.45, 7) is 1.01. The molecule has 2 aromatic heterocycles. The molecule has 3 rings (SSSR count). The van der Waals surface area contributed by atoms with Crippen molar-refractivity contribution in [3.63, 3.8) is 0 Å². The molecule has 1 saturated carbocycles. The van der Waals surface area contributed by atoms with Gasteiger partial charge in [0.2, 0.25) is 10.0 Å². The Hall–Kier alpha value is -0.440. The second-order valence-electron chi connectivity index (χ2n) is 4.93. The van der Waals surface area contributed by atoms with Crippen LogP contribution in [0.4, 0.5) is 0 Å². The highest BCUT2D eigenvalue weighted by atomic mass is 35.5. The van der Waals surface area contributed by atoms with Crippen molar-refractivity contribution in [2.75, 3.05) is 0 Å². The molecule has 1 fully saturated rings. The minimum Gasteiger partial charge on any atom is -0.309 e. The molecule has 0 unspecified atom stereocenters. The number of hydrogen-bond donors (Lipinski definition) is 2. The number of nitrogens with one attached hydrogen (secondary N) is 2. The highest BCUT2D eigenvalue weighted by molar-refractivity contribution is 7.89. The Bertz CT molecular complexity index is 719. The molecule has 0 aliphatic heterocycles. The van der Waals surface area contributed by atoms with E-state index in [4.69, 9.17) is 11.6 Å². The topological polar surface area (TPSA) is 58.2 Å². The summed E-state index contributed by atoms with van der Waals surface area (Å²) < 4.78 is 27.7. The quantitative estimate of drug-likeness (QED) is 0.795. The Labute approximate surface area is 137 Å². The van der Waals surface area contributed by atoms with Gasteiger partial charge in [0.05, 0.1) is 9.23 Å². The van der Waals surface area contributed by atoms with Crippen LogP contribution in [0.3, 0.4) is 0 Å². The van der Waals surface area contributed by atoms with E-state index in [9.17, 15) is 8.42 Å². The third kappa shape index (κ3) is 4.28. The third-order valence-electron chi connectivity index (χ3n) is 3.15. The van der Waals surface area contributed by atoms with E-state index in [2.05, 4.69) is 10.0 Å². The summed E-state index contributed by atoms with van der Waals surface area (Å²) >= 11 is 8.68. The average Bonchev–Trinajstić information content (AvgIpc) is 2.97. The molecule has 0 atom stereocenters. The number of sulfonamides is 1. The normalized spacial score (nSPS) is 15.5. The number of halogens is 1. The molecular weight excluding hydrogens is 348 g/mol. The van der Waals surface area contributed by atoms with Gasteiger partial charge in [-0.15, -0.1) is 22.7 Å². The lowest BCUT2D eigenvalue weighted by molar-refractivity contribution is 0.582. The van der Waals surface area contributed by atoms with Crippen LogP contribution in [0.15, 0.2) is 28.5 Å². The highest BCUT2D eigenvalue weighted by Gasteiger charge is 2.21. The molecule has 114 valence electrons. The molecule has 2 aromatic rings. The van der Waals surface area contributed by atoms with Gasteiger partial charge in [0.15, 0.2) is 0 Å². The molecule has 4 nitrogen and oxygen atoms in total. The van der Waals surface area contributed by atoms with Crippen molar-refractivity contribution in [2.45, 2.75) is 36.9 Å². The fourth-order valence-corrected chi connectivity index (χ4v) is 5.17. The molecule has 0 radical (unpaired) electrons. The first-order valence-corrected chi connectivity index (χ1v) is 10.1. The first kappa shape index (κ1) is 15.5. The first-order chi connectivity index (χ1) is 10.0. The minimum absolute atomic E-state index is 0.269. The van der Waals surface area contributed by atoms with E-state index >= 15 is 0 Å². The van der Waals surface area contributed by atoms with Gasteiger partial charge in [0, 0.05) is 34.3 Å². The maximum atomic E-state index is 12.2. The fourth-order valence-electron chi connectivity index (χ4n) is 1.82. The van der Waals surface area contributed by atoms with E-state index in [1.165, 1.54) is 35.5 Å². The van der Waals surface area contributed by atoms with E-state index in [1.54, 1.807) is 17.5 Å². The zero-order valence-electron chi connectivity index (χ0n) is 11.1. The fraction of sp³-hybridized carbons (Fsp3) is 0.385. The lowest BCUT2D eigenvalue weighted by Gasteiger charge is -2.03. The minimum atomic E-state index is -3.46. The predicted molar refractivity (Wildman–Crippen MR) is 87.5 cm³/mol. The summed E-state index contributed by atoms with van der Waals surface area (Å²) in [5.74, 6) is 0. The van der Waals surface area contributed by atoms with Gasteiger partial charge >= 0.3 is 0 Å². The first-order valence-electron chi connectivity index (χ1n) is 6.57. The van der Waals surface area contributed by atoms with Gasteiger partial charge < -0.3 is 5.32 Å². The van der Waals surface area contributed by atoms with E-state index in [0.717, 1.165) is 16.3 Å². The molecule has 0 amide bonds. The van der Waals surface area contributed by atoms with E-state index in [-0.39, 0.29) is 6.54 Å². The smallest absolute Gasteiger partial charge is 0.241 e. The molecule has 2 heterocycles. The summed E-state index contributed by atoms with van der Waals surface area (Å²) in [4.78, 5) is 2.28. The predicted octanol–water partition coefficient (Wildman–Crippen LogP) is 3.19. The van der Waals surface area contributed by atoms with Crippen molar-refractivity contribution >= 4 is 44.3 Å². The average molecular weight is 363 g/mol. The zero-order valence-corrected chi connectivity index (χ0v) is 14.3. The van der Waals surface area contributed by atoms with Crippen molar-refractivity contribution in [3.05, 3.63) is 37.7 Å². The second kappa shape index (κ2) is 6.36. The van der Waals surface area contributed by atoms with Crippen LogP contribution in [-0.4, -0.2) is 14.5 Å². The Kier molecular flexibility index (Phi) is 4.68. The Morgan fingerprint density at radius 2 is 2.05 bits per heavy atom. The van der Waals surface area contributed by atoms with E-state index in [1.807, 2.05) is 6.07 Å². The highest BCUT2D eigenvalue weighted by Crippen LogP contribution is 2.24. The van der Waals surface area contributed by atoms with Crippen LogP contribution in [0.2, 0.25) is 4.34 Å². The van der Waals surface area contributed by atoms with Crippen LogP contribution in [-0.2, 0) is 23.1 Å². The third-order valence-corrected chi connectivity index (χ3v) is 6.85. The van der Waals surface area contributed by atoms with Crippen LogP contribution < -0.4 is 10.0 Å². The maximum Gasteiger partial charge on any atom is 0.241 e. The van der Waals surface area contributed by atoms with Crippen molar-refractivity contribution in [1.29, 1.82) is 0 Å². The standard InChI is InChI=1S/C13H15ClN2O2S3/c14-13-4-3-10(20-13)7-16-21(17,18)12-5-11(19-8-12)6-15-9-1-2-9/h3-5,8-9,15-16H,1-2,6-7H2. The summed E-state index contributed by atoms with van der Waals surface area (Å²) in [5.41, 5.74) is 0. The molecule has 21 heavy (non-hydrogen) atoms. The maximum absolute atomic E-state index is 12.2. The molecule has 0 spiro atoms. The molecule has 1 aliphatic rings. The van der Waals surface area contributed by atoms with Crippen LogP contribution in [0, 0.1) is 0 Å². The van der Waals surface area contributed by atoms with Gasteiger partial charge in [-0.3, -0.25) is 0 Å². The molecule has 0 aromatic carbocycles. The van der Waals surface area contributed by atoms with E-state index in [0.29, 0.717) is 15.3 Å². The van der Waals surface area contributed by atoms with Crippen LogP contribution >= 0.6 is 34.3 Å². The number of hydrogen-bond acceptors (Lipinski definition) is 5. The van der Waals surface area contributed by atoms with Crippen molar-refractivity contribution in [2.24, 2.45) is 0 Å². The Morgan fingerprint density at radius 3 is 2.71 bits per heavy atom. The summed E-state index contributed by atoms with van der Waals surface area (Å²) in [5, 5.41) is 5.07. The summed E-state index contributed by atoms with van der Waals surface area (Å²) in [6, 6.07) is 5.95. The number of thiophene rings is 2. The lowest BCUT2D eigenvalue weighted by atomic mass is 10.4. The van der Waals surface area contributed by atoms with Gasteiger partial charge in [0.25, 0.3) is 0 Å². The molecule has 8 heteroatoms. The molecular formula is C13H15ClN2O2S3. The molecule has 0 saturated heterocycles. The van der Waals surface area contributed by atoms with Crippen molar-refractivity contribution in [1.82, 2.24) is 10.0 Å². The van der Waals surface area contributed by atoms with Gasteiger partial charge in [0.1, 0.15) is 0 Å². The monoisotopic (exact) mass is 362 g/mol. The Morgan fingerprint density at radius 1 is 1.24 bits per heavy atom. The van der Waals surface area contributed by atoms with Gasteiger partial charge in [-0.1, -0.05) is 11.6 Å². The van der Waals surface area contributed by atoms with E-state index < -0.39 is 10.0 Å². The SMILES string of the molecule is O=S(=O)(NCc1ccc(Cl)s1)c1csc(CNC2CC2)c1. The largest absolute Gasteiger partial charge is 0.309 e. The van der Waals surface area contributed by atoms with Gasteiger partial charge in [-0.2, -0.15) is 0 Å². The van der Waals surface area contributed by atoms with Crippen LogP contribution in [0.25, 0.3) is 0 Å². The van der Waals surface area contributed by atoms with Crippen LogP contribution in [0.1, 0.15) is 22.6 Å². The second-order valence-corrected chi connectivity index (χ2v) is 9.50. The lowest BCUT2D eigenvalue weighted by Crippen LogP contribution is -2.22. The van der Waals surface area contributed by atoms with Crippen molar-refractivity contribution in [3.8, 4) is 0 Å². The Balaban J connectivity index is 1.60.